The largest absolute Gasteiger partial charge is 0.339 e. The monoisotopic (exact) mass is 243 g/mol. The number of piperidine rings is 1. The lowest BCUT2D eigenvalue weighted by atomic mass is 9.85. The minimum absolute atomic E-state index is 0.153. The van der Waals surface area contributed by atoms with E-state index in [9.17, 15) is 4.79 Å². The summed E-state index contributed by atoms with van der Waals surface area (Å²) in [6, 6.07) is 0.358. The summed E-state index contributed by atoms with van der Waals surface area (Å²) in [4.78, 5) is 14.3. The van der Waals surface area contributed by atoms with Crippen molar-refractivity contribution in [3.63, 3.8) is 0 Å². The van der Waals surface area contributed by atoms with Crippen molar-refractivity contribution in [1.82, 2.24) is 4.90 Å². The molecule has 1 rings (SSSR count). The number of carbonyl (C=O) groups excluding carboxylic acids is 1. The zero-order valence-electron chi connectivity index (χ0n) is 11.1. The highest BCUT2D eigenvalue weighted by molar-refractivity contribution is 7.81. The van der Waals surface area contributed by atoms with E-state index in [4.69, 9.17) is 0 Å². The van der Waals surface area contributed by atoms with Gasteiger partial charge in [-0.2, -0.15) is 12.6 Å². The summed E-state index contributed by atoms with van der Waals surface area (Å²) in [7, 11) is 0. The smallest absolute Gasteiger partial charge is 0.235 e. The van der Waals surface area contributed by atoms with Crippen LogP contribution in [0.25, 0.3) is 0 Å². The average molecular weight is 243 g/mol. The molecule has 0 aliphatic carbocycles. The van der Waals surface area contributed by atoms with Gasteiger partial charge in [-0.3, -0.25) is 4.79 Å². The minimum atomic E-state index is -0.153. The van der Waals surface area contributed by atoms with Gasteiger partial charge in [-0.1, -0.05) is 27.7 Å². The summed E-state index contributed by atoms with van der Waals surface area (Å²) in [5.41, 5.74) is 0. The van der Waals surface area contributed by atoms with Crippen LogP contribution in [0.1, 0.15) is 41.0 Å². The second-order valence-corrected chi connectivity index (χ2v) is 6.29. The van der Waals surface area contributed by atoms with E-state index in [0.29, 0.717) is 23.8 Å². The second kappa shape index (κ2) is 5.44. The van der Waals surface area contributed by atoms with Crippen LogP contribution in [0.15, 0.2) is 0 Å². The molecule has 0 spiro atoms. The summed E-state index contributed by atoms with van der Waals surface area (Å²) >= 11 is 4.44. The highest BCUT2D eigenvalue weighted by Gasteiger charge is 2.34. The van der Waals surface area contributed by atoms with Crippen molar-refractivity contribution in [3.05, 3.63) is 0 Å². The molecule has 0 radical (unpaired) electrons. The number of amides is 1. The maximum atomic E-state index is 12.3. The van der Waals surface area contributed by atoms with Gasteiger partial charge in [0.1, 0.15) is 0 Å². The zero-order valence-corrected chi connectivity index (χ0v) is 12.0. The van der Waals surface area contributed by atoms with Crippen LogP contribution < -0.4 is 0 Å². The molecule has 2 nitrogen and oxygen atoms in total. The molecule has 0 N–H and O–H groups in total. The van der Waals surface area contributed by atoms with E-state index >= 15 is 0 Å². The maximum absolute atomic E-state index is 12.3. The van der Waals surface area contributed by atoms with Crippen LogP contribution in [0, 0.1) is 17.8 Å². The van der Waals surface area contributed by atoms with Crippen molar-refractivity contribution in [2.24, 2.45) is 17.8 Å². The molecule has 1 heterocycles. The second-order valence-electron chi connectivity index (χ2n) is 5.74. The Balaban J connectivity index is 2.74. The summed E-state index contributed by atoms with van der Waals surface area (Å²) in [5.74, 6) is 1.73. The quantitative estimate of drug-likeness (QED) is 0.740. The molecule has 0 saturated carbocycles. The average Bonchev–Trinajstić information content (AvgIpc) is 2.21. The third-order valence-electron chi connectivity index (χ3n) is 3.77. The van der Waals surface area contributed by atoms with E-state index in [-0.39, 0.29) is 11.2 Å². The van der Waals surface area contributed by atoms with Crippen LogP contribution in [-0.2, 0) is 4.79 Å². The lowest BCUT2D eigenvalue weighted by molar-refractivity contribution is -0.137. The van der Waals surface area contributed by atoms with E-state index < -0.39 is 0 Å². The predicted octanol–water partition coefficient (Wildman–Crippen LogP) is 2.83. The Bertz CT molecular complexity index is 254. The molecule has 0 aromatic rings. The molecule has 16 heavy (non-hydrogen) atoms. The summed E-state index contributed by atoms with van der Waals surface area (Å²) in [6.07, 6.45) is 1.23. The van der Waals surface area contributed by atoms with E-state index in [1.54, 1.807) is 0 Å². The van der Waals surface area contributed by atoms with Gasteiger partial charge >= 0.3 is 0 Å². The molecule has 4 atom stereocenters. The standard InChI is InChI=1S/C13H25NOS/c1-8(2)12(16)13(15)14-7-9(3)6-10(4)11(14)5/h8-12,16H,6-7H2,1-5H3. The number of hydrogen-bond acceptors (Lipinski definition) is 2. The SMILES string of the molecule is CC1CC(C)C(C)N(C(=O)C(S)C(C)C)C1. The Hall–Kier alpha value is -0.180. The summed E-state index contributed by atoms with van der Waals surface area (Å²) in [6.45, 7) is 11.6. The van der Waals surface area contributed by atoms with Gasteiger partial charge in [0.05, 0.1) is 5.25 Å². The van der Waals surface area contributed by atoms with Crippen molar-refractivity contribution in [1.29, 1.82) is 0 Å². The van der Waals surface area contributed by atoms with Crippen LogP contribution in [0.5, 0.6) is 0 Å². The number of nitrogens with zero attached hydrogens (tertiary/aromatic N) is 1. The molecule has 1 amide bonds. The third kappa shape index (κ3) is 2.93. The Labute approximate surface area is 105 Å². The molecule has 1 aliphatic rings. The molecule has 4 unspecified atom stereocenters. The first-order valence-corrected chi connectivity index (χ1v) is 6.84. The minimum Gasteiger partial charge on any atom is -0.339 e. The fourth-order valence-corrected chi connectivity index (χ4v) is 2.61. The van der Waals surface area contributed by atoms with E-state index in [1.807, 2.05) is 4.90 Å². The normalized spacial score (nSPS) is 32.9. The fraction of sp³-hybridized carbons (Fsp3) is 0.923. The van der Waals surface area contributed by atoms with Crippen LogP contribution in [0.3, 0.4) is 0 Å². The lowest BCUT2D eigenvalue weighted by Gasteiger charge is -2.42. The molecule has 1 fully saturated rings. The van der Waals surface area contributed by atoms with Crippen molar-refractivity contribution in [2.75, 3.05) is 6.54 Å². The maximum Gasteiger partial charge on any atom is 0.235 e. The van der Waals surface area contributed by atoms with Gasteiger partial charge < -0.3 is 4.90 Å². The number of thiol groups is 1. The Morgan fingerprint density at radius 1 is 1.31 bits per heavy atom. The molecular weight excluding hydrogens is 218 g/mol. The molecule has 0 aromatic heterocycles. The van der Waals surface area contributed by atoms with E-state index in [2.05, 4.69) is 47.2 Å². The summed E-state index contributed by atoms with van der Waals surface area (Å²) in [5, 5.41) is -0.153. The van der Waals surface area contributed by atoms with Crippen molar-refractivity contribution < 1.29 is 4.79 Å². The van der Waals surface area contributed by atoms with Crippen LogP contribution >= 0.6 is 12.6 Å². The highest BCUT2D eigenvalue weighted by atomic mass is 32.1. The Kier molecular flexibility index (Phi) is 4.72. The van der Waals surface area contributed by atoms with Crippen molar-refractivity contribution >= 4 is 18.5 Å². The van der Waals surface area contributed by atoms with Crippen LogP contribution in [0.2, 0.25) is 0 Å². The summed E-state index contributed by atoms with van der Waals surface area (Å²) < 4.78 is 0. The van der Waals surface area contributed by atoms with E-state index in [0.717, 1.165) is 6.54 Å². The number of hydrogen-bond donors (Lipinski definition) is 1. The molecule has 94 valence electrons. The van der Waals surface area contributed by atoms with Gasteiger partial charge in [-0.05, 0) is 31.1 Å². The lowest BCUT2D eigenvalue weighted by Crippen LogP contribution is -2.52. The fourth-order valence-electron chi connectivity index (χ4n) is 2.46. The van der Waals surface area contributed by atoms with Gasteiger partial charge in [0.25, 0.3) is 0 Å². The topological polar surface area (TPSA) is 20.3 Å². The Morgan fingerprint density at radius 2 is 1.88 bits per heavy atom. The van der Waals surface area contributed by atoms with Crippen molar-refractivity contribution in [2.45, 2.75) is 52.3 Å². The molecule has 0 aromatic carbocycles. The Morgan fingerprint density at radius 3 is 2.38 bits per heavy atom. The first-order valence-electron chi connectivity index (χ1n) is 6.33. The first kappa shape index (κ1) is 13.9. The van der Waals surface area contributed by atoms with Gasteiger partial charge in [-0.15, -0.1) is 0 Å². The predicted molar refractivity (Wildman–Crippen MR) is 71.7 cm³/mol. The molecule has 1 saturated heterocycles. The van der Waals surface area contributed by atoms with E-state index in [1.165, 1.54) is 6.42 Å². The van der Waals surface area contributed by atoms with Gasteiger partial charge in [-0.25, -0.2) is 0 Å². The van der Waals surface area contributed by atoms with Crippen LogP contribution in [-0.4, -0.2) is 28.6 Å². The molecular formula is C13H25NOS. The van der Waals surface area contributed by atoms with Crippen molar-refractivity contribution in [3.8, 4) is 0 Å². The highest BCUT2D eigenvalue weighted by Crippen LogP contribution is 2.28. The first-order chi connectivity index (χ1) is 7.34. The third-order valence-corrected chi connectivity index (χ3v) is 4.58. The molecule has 0 bridgehead atoms. The van der Waals surface area contributed by atoms with Gasteiger partial charge in [0.2, 0.25) is 5.91 Å². The number of rotatable bonds is 2. The van der Waals surface area contributed by atoms with Crippen LogP contribution in [0.4, 0.5) is 0 Å². The number of carbonyl (C=O) groups is 1. The van der Waals surface area contributed by atoms with Gasteiger partial charge in [0, 0.05) is 12.6 Å². The number of likely N-dealkylation sites (tertiary alicyclic amines) is 1. The van der Waals surface area contributed by atoms with Gasteiger partial charge in [0.15, 0.2) is 0 Å². The molecule has 1 aliphatic heterocycles. The molecule has 3 heteroatoms. The zero-order chi connectivity index (χ0) is 12.5.